The number of benzene rings is 4. The first-order valence-corrected chi connectivity index (χ1v) is 14.3. The molecule has 0 spiro atoms. The number of nitrogens with one attached hydrogen (secondary N) is 2. The van der Waals surface area contributed by atoms with Gasteiger partial charge in [-0.05, 0) is 73.3 Å². The van der Waals surface area contributed by atoms with Gasteiger partial charge in [-0.2, -0.15) is 19.3 Å². The van der Waals surface area contributed by atoms with Crippen LogP contribution >= 0.6 is 12.4 Å². The molecule has 2 atom stereocenters. The molecular weight excluding hydrogens is 630 g/mol. The third kappa shape index (κ3) is 7.15. The van der Waals surface area contributed by atoms with Crippen LogP contribution in [0.2, 0.25) is 0 Å². The molecule has 3 amide bonds. The number of anilines is 2. The summed E-state index contributed by atoms with van der Waals surface area (Å²) in [7, 11) is 1.58. The van der Waals surface area contributed by atoms with E-state index in [0.717, 1.165) is 0 Å². The summed E-state index contributed by atoms with van der Waals surface area (Å²) in [5.41, 5.74) is 1.41. The third-order valence-electron chi connectivity index (χ3n) is 7.79. The van der Waals surface area contributed by atoms with Crippen molar-refractivity contribution >= 4 is 52.3 Å². The maximum atomic E-state index is 14.4. The number of carbonyl (C=O) groups excluding carboxylic acids is 3. The molecule has 13 heteroatoms. The molecule has 0 fully saturated rings. The number of hydrogen-bond donors (Lipinski definition) is 2. The Labute approximate surface area is 275 Å². The Balaban J connectivity index is 0.00000500. The minimum absolute atomic E-state index is 0. The van der Waals surface area contributed by atoms with Crippen molar-refractivity contribution in [3.8, 4) is 17.9 Å². The van der Waals surface area contributed by atoms with Gasteiger partial charge in [-0.3, -0.25) is 14.4 Å². The van der Waals surface area contributed by atoms with Crippen molar-refractivity contribution in [3.05, 3.63) is 101 Å². The highest BCUT2D eigenvalue weighted by Gasteiger charge is 2.38. The van der Waals surface area contributed by atoms with Crippen molar-refractivity contribution < 1.29 is 27.9 Å². The Kier molecular flexibility index (Phi) is 10.7. The maximum absolute atomic E-state index is 14.4. The zero-order chi connectivity index (χ0) is 33.0. The first kappa shape index (κ1) is 34.3. The van der Waals surface area contributed by atoms with E-state index in [0.29, 0.717) is 16.3 Å². The Hall–Kier alpha value is -5.56. The van der Waals surface area contributed by atoms with Crippen LogP contribution in [0.4, 0.5) is 20.2 Å². The lowest BCUT2D eigenvalue weighted by molar-refractivity contribution is -0.128. The van der Waals surface area contributed by atoms with Gasteiger partial charge in [0, 0.05) is 11.1 Å². The van der Waals surface area contributed by atoms with Gasteiger partial charge in [-0.1, -0.05) is 30.3 Å². The molecule has 5 rings (SSSR count). The van der Waals surface area contributed by atoms with Crippen molar-refractivity contribution in [3.63, 3.8) is 0 Å². The summed E-state index contributed by atoms with van der Waals surface area (Å²) in [5, 5.41) is 25.8. The van der Waals surface area contributed by atoms with Crippen molar-refractivity contribution in [2.24, 2.45) is 0 Å². The van der Waals surface area contributed by atoms with Crippen LogP contribution < -0.4 is 25.2 Å². The molecule has 240 valence electrons. The van der Waals surface area contributed by atoms with Crippen molar-refractivity contribution in [2.75, 3.05) is 23.4 Å². The van der Waals surface area contributed by atoms with Crippen LogP contribution in [0.15, 0.2) is 78.9 Å². The molecule has 47 heavy (non-hydrogen) atoms. The number of rotatable bonds is 8. The second-order valence-corrected chi connectivity index (χ2v) is 10.6. The van der Waals surface area contributed by atoms with Crippen molar-refractivity contribution in [2.45, 2.75) is 32.2 Å². The minimum atomic E-state index is -3.14. The van der Waals surface area contributed by atoms with Gasteiger partial charge in [0.05, 0.1) is 53.8 Å². The Morgan fingerprint density at radius 2 is 1.66 bits per heavy atom. The van der Waals surface area contributed by atoms with Gasteiger partial charge in [0.25, 0.3) is 11.8 Å². The highest BCUT2D eigenvalue weighted by atomic mass is 35.5. The van der Waals surface area contributed by atoms with E-state index in [1.54, 1.807) is 44.3 Å². The van der Waals surface area contributed by atoms with Crippen LogP contribution in [0.5, 0.6) is 5.75 Å². The second kappa shape index (κ2) is 14.7. The summed E-state index contributed by atoms with van der Waals surface area (Å²) in [6, 6.07) is 22.5. The molecule has 0 saturated heterocycles. The lowest BCUT2D eigenvalue weighted by Crippen LogP contribution is -2.55. The SMILES string of the molecule is CNC(C)C(=O)NC1CN(C(=O)c2ccc(C#N)cc2)c2cc(C#N)ccc2N(Cc2c(OC(F)F)ccc3ccccc23)C1=O.Cl. The van der Waals surface area contributed by atoms with Gasteiger partial charge in [0.1, 0.15) is 11.8 Å². The zero-order valence-electron chi connectivity index (χ0n) is 25.2. The molecule has 1 aliphatic rings. The third-order valence-corrected chi connectivity index (χ3v) is 7.79. The smallest absolute Gasteiger partial charge is 0.387 e. The molecule has 0 bridgehead atoms. The van der Waals surface area contributed by atoms with E-state index in [4.69, 9.17) is 4.74 Å². The molecule has 1 heterocycles. The second-order valence-electron chi connectivity index (χ2n) is 10.6. The number of likely N-dealkylation sites (N-methyl/N-ethyl adjacent to an activating group) is 1. The largest absolute Gasteiger partial charge is 0.434 e. The van der Waals surface area contributed by atoms with Crippen LogP contribution in [0.3, 0.4) is 0 Å². The Bertz CT molecular complexity index is 1910. The van der Waals surface area contributed by atoms with Crippen LogP contribution in [-0.2, 0) is 16.1 Å². The summed E-state index contributed by atoms with van der Waals surface area (Å²) in [4.78, 5) is 44.2. The average molecular weight is 659 g/mol. The monoisotopic (exact) mass is 658 g/mol. The van der Waals surface area contributed by atoms with Crippen LogP contribution in [-0.4, -0.2) is 50.0 Å². The van der Waals surface area contributed by atoms with Crippen molar-refractivity contribution in [1.29, 1.82) is 10.5 Å². The first-order valence-electron chi connectivity index (χ1n) is 14.3. The fourth-order valence-corrected chi connectivity index (χ4v) is 5.28. The van der Waals surface area contributed by atoms with Crippen LogP contribution in [0, 0.1) is 22.7 Å². The molecule has 0 radical (unpaired) electrons. The molecule has 4 aromatic rings. The topological polar surface area (TPSA) is 139 Å². The van der Waals surface area contributed by atoms with Gasteiger partial charge >= 0.3 is 6.61 Å². The molecule has 10 nitrogen and oxygen atoms in total. The predicted molar refractivity (Wildman–Crippen MR) is 173 cm³/mol. The average Bonchev–Trinajstić information content (AvgIpc) is 3.18. The van der Waals surface area contributed by atoms with Crippen LogP contribution in [0.25, 0.3) is 10.8 Å². The number of nitriles is 2. The van der Waals surface area contributed by atoms with Crippen molar-refractivity contribution in [1.82, 2.24) is 10.6 Å². The maximum Gasteiger partial charge on any atom is 0.387 e. The summed E-state index contributed by atoms with van der Waals surface area (Å²) in [6.07, 6.45) is 0. The number of hydrogen-bond acceptors (Lipinski definition) is 7. The predicted octanol–water partition coefficient (Wildman–Crippen LogP) is 4.89. The number of fused-ring (bicyclic) bond motifs is 2. The van der Waals surface area contributed by atoms with Crippen LogP contribution in [0.1, 0.15) is 34.0 Å². The Morgan fingerprint density at radius 1 is 0.979 bits per heavy atom. The quantitative estimate of drug-likeness (QED) is 0.275. The van der Waals surface area contributed by atoms with Gasteiger partial charge in [-0.15, -0.1) is 12.4 Å². The van der Waals surface area contributed by atoms with Gasteiger partial charge in [0.2, 0.25) is 5.91 Å². The zero-order valence-corrected chi connectivity index (χ0v) is 26.1. The van der Waals surface area contributed by atoms with E-state index >= 15 is 0 Å². The summed E-state index contributed by atoms with van der Waals surface area (Å²) < 4.78 is 32.0. The molecule has 2 N–H and O–H groups in total. The molecule has 2 unspecified atom stereocenters. The highest BCUT2D eigenvalue weighted by Crippen LogP contribution is 2.38. The molecule has 0 aliphatic carbocycles. The standard InChI is InChI=1S/C34H28F2N6O4.ClH/c1-20(39-2)31(43)40-27-19-42(32(44)24-10-7-21(16-37)8-11-24)29-15-22(17-38)9-13-28(29)41(33(27)45)18-26-25-6-4-3-5-23(25)12-14-30(26)46-34(35)36;/h3-15,20,27,34,39H,18-19H2,1-2H3,(H,40,43);1H. The van der Waals surface area contributed by atoms with E-state index in [9.17, 15) is 33.7 Å². The summed E-state index contributed by atoms with van der Waals surface area (Å²) in [5.74, 6) is -1.82. The van der Waals surface area contributed by atoms with E-state index in [1.807, 2.05) is 12.1 Å². The normalized spacial score (nSPS) is 14.7. The van der Waals surface area contributed by atoms with E-state index in [1.165, 1.54) is 58.3 Å². The fraction of sp³-hybridized carbons (Fsp3) is 0.206. The fourth-order valence-electron chi connectivity index (χ4n) is 5.28. The summed E-state index contributed by atoms with van der Waals surface area (Å²) in [6.45, 7) is -2.12. The van der Waals surface area contributed by atoms with E-state index in [2.05, 4.69) is 10.6 Å². The van der Waals surface area contributed by atoms with Gasteiger partial charge < -0.3 is 25.2 Å². The number of ether oxygens (including phenoxy) is 1. The molecular formula is C34H29ClF2N6O4. The minimum Gasteiger partial charge on any atom is -0.434 e. The lowest BCUT2D eigenvalue weighted by Gasteiger charge is -2.27. The Morgan fingerprint density at radius 3 is 2.32 bits per heavy atom. The number of amides is 3. The highest BCUT2D eigenvalue weighted by molar-refractivity contribution is 6.13. The van der Waals surface area contributed by atoms with Gasteiger partial charge in [-0.25, -0.2) is 0 Å². The number of halogens is 3. The number of alkyl halides is 2. The number of carbonyl (C=O) groups is 3. The van der Waals surface area contributed by atoms with E-state index < -0.39 is 36.4 Å². The molecule has 4 aromatic carbocycles. The molecule has 1 aliphatic heterocycles. The number of nitrogens with zero attached hydrogens (tertiary/aromatic N) is 4. The lowest BCUT2D eigenvalue weighted by atomic mass is 10.0. The molecule has 0 aromatic heterocycles. The first-order chi connectivity index (χ1) is 22.1. The van der Waals surface area contributed by atoms with Gasteiger partial charge in [0.15, 0.2) is 0 Å². The van der Waals surface area contributed by atoms with E-state index in [-0.39, 0.29) is 59.3 Å². The molecule has 0 saturated carbocycles. The summed E-state index contributed by atoms with van der Waals surface area (Å²) >= 11 is 0.